The molecule has 1 aliphatic rings. The Labute approximate surface area is 75.4 Å². The average Bonchev–Trinajstić information content (AvgIpc) is 2.06. The van der Waals surface area contributed by atoms with Gasteiger partial charge in [-0.25, -0.2) is 0 Å². The molecule has 72 valence electrons. The summed E-state index contributed by atoms with van der Waals surface area (Å²) in [5.74, 6) is 0.513. The number of hydrogen-bond donors (Lipinski definition) is 2. The van der Waals surface area contributed by atoms with Gasteiger partial charge < -0.3 is 10.4 Å². The van der Waals surface area contributed by atoms with E-state index < -0.39 is 5.60 Å². The van der Waals surface area contributed by atoms with Gasteiger partial charge in [-0.3, -0.25) is 0 Å². The van der Waals surface area contributed by atoms with Gasteiger partial charge in [0.15, 0.2) is 0 Å². The summed E-state index contributed by atoms with van der Waals surface area (Å²) in [5.41, 5.74) is -0.491. The molecule has 1 rings (SSSR count). The lowest BCUT2D eigenvalue weighted by Crippen LogP contribution is -2.44. The minimum absolute atomic E-state index is 0.491. The molecule has 0 aromatic heterocycles. The lowest BCUT2D eigenvalue weighted by Gasteiger charge is -2.35. The van der Waals surface area contributed by atoms with Gasteiger partial charge in [-0.1, -0.05) is 19.3 Å². The van der Waals surface area contributed by atoms with Crippen LogP contribution in [0.3, 0.4) is 0 Å². The minimum atomic E-state index is -0.491. The number of nitrogens with one attached hydrogen (secondary N) is 1. The van der Waals surface area contributed by atoms with Crippen LogP contribution >= 0.6 is 0 Å². The Bertz CT molecular complexity index is 128. The predicted octanol–water partition coefficient (Wildman–Crippen LogP) is 1.54. The quantitative estimate of drug-likeness (QED) is 0.675. The average molecular weight is 171 g/mol. The van der Waals surface area contributed by atoms with E-state index in [4.69, 9.17) is 0 Å². The summed E-state index contributed by atoms with van der Waals surface area (Å²) in [6.07, 6.45) is 6.35. The molecule has 0 bridgehead atoms. The third-order valence-electron chi connectivity index (χ3n) is 3.02. The summed E-state index contributed by atoms with van der Waals surface area (Å²) >= 11 is 0. The van der Waals surface area contributed by atoms with Gasteiger partial charge in [-0.05, 0) is 32.7 Å². The van der Waals surface area contributed by atoms with E-state index in [-0.39, 0.29) is 0 Å². The van der Waals surface area contributed by atoms with Crippen molar-refractivity contribution in [3.05, 3.63) is 0 Å². The van der Waals surface area contributed by atoms with Gasteiger partial charge in [0.1, 0.15) is 0 Å². The van der Waals surface area contributed by atoms with Gasteiger partial charge in [-0.2, -0.15) is 0 Å². The minimum Gasteiger partial charge on any atom is -0.389 e. The van der Waals surface area contributed by atoms with Crippen LogP contribution < -0.4 is 5.32 Å². The summed E-state index contributed by atoms with van der Waals surface area (Å²) in [7, 11) is 1.90. The van der Waals surface area contributed by atoms with E-state index in [1.807, 2.05) is 14.0 Å². The van der Waals surface area contributed by atoms with Crippen molar-refractivity contribution in [2.75, 3.05) is 13.6 Å². The predicted molar refractivity (Wildman–Crippen MR) is 51.1 cm³/mol. The van der Waals surface area contributed by atoms with Crippen molar-refractivity contribution in [3.8, 4) is 0 Å². The zero-order valence-electron chi connectivity index (χ0n) is 8.27. The van der Waals surface area contributed by atoms with Crippen LogP contribution in [0.1, 0.15) is 39.0 Å². The Kier molecular flexibility index (Phi) is 3.53. The van der Waals surface area contributed by atoms with Crippen molar-refractivity contribution < 1.29 is 5.11 Å². The fourth-order valence-corrected chi connectivity index (χ4v) is 2.23. The van der Waals surface area contributed by atoms with E-state index in [1.54, 1.807) is 0 Å². The topological polar surface area (TPSA) is 32.3 Å². The highest BCUT2D eigenvalue weighted by molar-refractivity contribution is 4.85. The number of aliphatic hydroxyl groups is 1. The van der Waals surface area contributed by atoms with Crippen molar-refractivity contribution in [1.82, 2.24) is 5.32 Å². The van der Waals surface area contributed by atoms with Crippen molar-refractivity contribution in [1.29, 1.82) is 0 Å². The molecule has 1 unspecified atom stereocenters. The Morgan fingerprint density at radius 3 is 2.42 bits per heavy atom. The molecule has 2 heteroatoms. The van der Waals surface area contributed by atoms with Crippen molar-refractivity contribution in [2.24, 2.45) is 5.92 Å². The fourth-order valence-electron chi connectivity index (χ4n) is 2.23. The Morgan fingerprint density at radius 2 is 1.92 bits per heavy atom. The van der Waals surface area contributed by atoms with Gasteiger partial charge >= 0.3 is 0 Å². The molecule has 0 spiro atoms. The molecule has 0 radical (unpaired) electrons. The van der Waals surface area contributed by atoms with Gasteiger partial charge in [0, 0.05) is 6.54 Å². The normalized spacial score (nSPS) is 25.2. The van der Waals surface area contributed by atoms with Crippen LogP contribution in [0.15, 0.2) is 0 Å². The van der Waals surface area contributed by atoms with Crippen LogP contribution in [-0.2, 0) is 0 Å². The first-order valence-electron chi connectivity index (χ1n) is 5.04. The zero-order valence-corrected chi connectivity index (χ0v) is 8.27. The largest absolute Gasteiger partial charge is 0.389 e. The van der Waals surface area contributed by atoms with Gasteiger partial charge in [-0.15, -0.1) is 0 Å². The second-order valence-corrected chi connectivity index (χ2v) is 4.22. The Balaban J connectivity index is 2.41. The second-order valence-electron chi connectivity index (χ2n) is 4.22. The lowest BCUT2D eigenvalue weighted by atomic mass is 9.78. The molecular weight excluding hydrogens is 150 g/mol. The van der Waals surface area contributed by atoms with Crippen LogP contribution in [0.25, 0.3) is 0 Å². The summed E-state index contributed by atoms with van der Waals surface area (Å²) in [6, 6.07) is 0. The maximum absolute atomic E-state index is 10.1. The SMILES string of the molecule is CNCC(C)(O)C1CCCCC1. The summed E-state index contributed by atoms with van der Waals surface area (Å²) in [5, 5.41) is 13.1. The third-order valence-corrected chi connectivity index (χ3v) is 3.02. The highest BCUT2D eigenvalue weighted by Crippen LogP contribution is 2.31. The van der Waals surface area contributed by atoms with E-state index >= 15 is 0 Å². The molecule has 0 saturated heterocycles. The molecule has 12 heavy (non-hydrogen) atoms. The molecule has 0 amide bonds. The first kappa shape index (κ1) is 10.0. The van der Waals surface area contributed by atoms with Gasteiger partial charge in [0.05, 0.1) is 5.60 Å². The molecule has 1 saturated carbocycles. The molecule has 2 nitrogen and oxygen atoms in total. The molecule has 0 aromatic rings. The van der Waals surface area contributed by atoms with Crippen LogP contribution in [0.2, 0.25) is 0 Å². The molecule has 1 atom stereocenters. The molecular formula is C10H21NO. The van der Waals surface area contributed by atoms with Crippen LogP contribution in [0.5, 0.6) is 0 Å². The number of rotatable bonds is 3. The molecule has 1 aliphatic carbocycles. The van der Waals surface area contributed by atoms with E-state index in [0.717, 1.165) is 6.54 Å². The van der Waals surface area contributed by atoms with E-state index in [0.29, 0.717) is 5.92 Å². The van der Waals surface area contributed by atoms with Crippen molar-refractivity contribution >= 4 is 0 Å². The highest BCUT2D eigenvalue weighted by Gasteiger charge is 2.31. The van der Waals surface area contributed by atoms with E-state index in [1.165, 1.54) is 32.1 Å². The molecule has 2 N–H and O–H groups in total. The Morgan fingerprint density at radius 1 is 1.33 bits per heavy atom. The summed E-state index contributed by atoms with van der Waals surface area (Å²) < 4.78 is 0. The fraction of sp³-hybridized carbons (Fsp3) is 1.00. The molecule has 0 aliphatic heterocycles. The van der Waals surface area contributed by atoms with Gasteiger partial charge in [0.25, 0.3) is 0 Å². The van der Waals surface area contributed by atoms with Crippen molar-refractivity contribution in [2.45, 2.75) is 44.6 Å². The standard InChI is InChI=1S/C10H21NO/c1-10(12,8-11-2)9-6-4-3-5-7-9/h9,11-12H,3-8H2,1-2H3. The Hall–Kier alpha value is -0.0800. The maximum Gasteiger partial charge on any atom is 0.0771 e. The highest BCUT2D eigenvalue weighted by atomic mass is 16.3. The van der Waals surface area contributed by atoms with Gasteiger partial charge in [0.2, 0.25) is 0 Å². The first-order valence-corrected chi connectivity index (χ1v) is 5.04. The van der Waals surface area contributed by atoms with Crippen molar-refractivity contribution in [3.63, 3.8) is 0 Å². The van der Waals surface area contributed by atoms with E-state index in [9.17, 15) is 5.11 Å². The maximum atomic E-state index is 10.1. The van der Waals surface area contributed by atoms with Crippen LogP contribution in [0.4, 0.5) is 0 Å². The zero-order chi connectivity index (χ0) is 9.03. The first-order chi connectivity index (χ1) is 5.67. The molecule has 1 fully saturated rings. The molecule has 0 aromatic carbocycles. The molecule has 0 heterocycles. The second kappa shape index (κ2) is 4.24. The number of hydrogen-bond acceptors (Lipinski definition) is 2. The van der Waals surface area contributed by atoms with E-state index in [2.05, 4.69) is 5.32 Å². The van der Waals surface area contributed by atoms with Crippen LogP contribution in [0, 0.1) is 5.92 Å². The third kappa shape index (κ3) is 2.46. The lowest BCUT2D eigenvalue weighted by molar-refractivity contribution is -0.0137. The van der Waals surface area contributed by atoms with Crippen LogP contribution in [-0.4, -0.2) is 24.3 Å². The monoisotopic (exact) mass is 171 g/mol. The number of likely N-dealkylation sites (N-methyl/N-ethyl adjacent to an activating group) is 1. The summed E-state index contributed by atoms with van der Waals surface area (Å²) in [4.78, 5) is 0. The smallest absolute Gasteiger partial charge is 0.0771 e. The summed E-state index contributed by atoms with van der Waals surface area (Å²) in [6.45, 7) is 2.68.